The van der Waals surface area contributed by atoms with E-state index in [9.17, 15) is 0 Å². The third-order valence-electron chi connectivity index (χ3n) is 3.68. The fraction of sp³-hybridized carbons (Fsp3) is 0.294. The summed E-state index contributed by atoms with van der Waals surface area (Å²) in [4.78, 5) is 0. The first-order valence-corrected chi connectivity index (χ1v) is 6.79. The van der Waals surface area contributed by atoms with Gasteiger partial charge in [0.2, 0.25) is 0 Å². The Morgan fingerprint density at radius 2 is 2.05 bits per heavy atom. The van der Waals surface area contributed by atoms with Crippen LogP contribution in [0, 0.1) is 6.92 Å². The summed E-state index contributed by atoms with van der Waals surface area (Å²) in [5.41, 5.74) is 6.45. The van der Waals surface area contributed by atoms with Crippen LogP contribution >= 0.6 is 0 Å². The van der Waals surface area contributed by atoms with Crippen LogP contribution in [-0.4, -0.2) is 13.7 Å². The average Bonchev–Trinajstić information content (AvgIpc) is 2.88. The van der Waals surface area contributed by atoms with Crippen LogP contribution in [0.25, 0.3) is 11.1 Å². The standard InChI is InChI=1S/C17H19NO/c1-12-10-13(11-18-2)6-7-15(12)16-5-3-4-14-8-9-19-17(14)16/h3-7,10,18H,8-9,11H2,1-2H3. The van der Waals surface area contributed by atoms with Gasteiger partial charge >= 0.3 is 0 Å². The number of fused-ring (bicyclic) bond motifs is 1. The van der Waals surface area contributed by atoms with Gasteiger partial charge in [-0.3, -0.25) is 0 Å². The van der Waals surface area contributed by atoms with Crippen LogP contribution in [0.3, 0.4) is 0 Å². The highest BCUT2D eigenvalue weighted by Crippen LogP contribution is 2.38. The van der Waals surface area contributed by atoms with Crippen molar-refractivity contribution < 1.29 is 4.74 Å². The molecular formula is C17H19NO. The maximum Gasteiger partial charge on any atom is 0.130 e. The van der Waals surface area contributed by atoms with Crippen LogP contribution in [0.2, 0.25) is 0 Å². The Hall–Kier alpha value is -1.80. The number of aryl methyl sites for hydroxylation is 1. The van der Waals surface area contributed by atoms with E-state index in [1.165, 1.54) is 27.8 Å². The molecule has 1 heterocycles. The molecule has 2 aromatic carbocycles. The zero-order valence-electron chi connectivity index (χ0n) is 11.5. The van der Waals surface area contributed by atoms with Crippen molar-refractivity contribution in [2.45, 2.75) is 19.9 Å². The van der Waals surface area contributed by atoms with Gasteiger partial charge in [-0.05, 0) is 36.2 Å². The lowest BCUT2D eigenvalue weighted by Gasteiger charge is -2.12. The minimum atomic E-state index is 0.809. The molecule has 19 heavy (non-hydrogen) atoms. The van der Waals surface area contributed by atoms with Gasteiger partial charge in [0.25, 0.3) is 0 Å². The molecule has 0 radical (unpaired) electrons. The summed E-state index contributed by atoms with van der Waals surface area (Å²) >= 11 is 0. The summed E-state index contributed by atoms with van der Waals surface area (Å²) in [5.74, 6) is 1.08. The number of rotatable bonds is 3. The Balaban J connectivity index is 2.05. The SMILES string of the molecule is CNCc1ccc(-c2cccc3c2OCC3)c(C)c1. The molecule has 0 saturated heterocycles. The predicted octanol–water partition coefficient (Wildman–Crippen LogP) is 3.32. The first kappa shape index (κ1) is 12.2. The van der Waals surface area contributed by atoms with Crippen molar-refractivity contribution in [1.29, 1.82) is 0 Å². The zero-order chi connectivity index (χ0) is 13.2. The number of hydrogen-bond donors (Lipinski definition) is 1. The van der Waals surface area contributed by atoms with Crippen LogP contribution in [0.5, 0.6) is 5.75 Å². The van der Waals surface area contributed by atoms with Gasteiger partial charge in [-0.15, -0.1) is 0 Å². The molecule has 0 bridgehead atoms. The van der Waals surface area contributed by atoms with Crippen molar-refractivity contribution in [3.63, 3.8) is 0 Å². The van der Waals surface area contributed by atoms with Crippen LogP contribution in [0.4, 0.5) is 0 Å². The average molecular weight is 253 g/mol. The Kier molecular flexibility index (Phi) is 3.26. The van der Waals surface area contributed by atoms with E-state index in [4.69, 9.17) is 4.74 Å². The Morgan fingerprint density at radius 3 is 2.84 bits per heavy atom. The lowest BCUT2D eigenvalue weighted by molar-refractivity contribution is 0.358. The van der Waals surface area contributed by atoms with Gasteiger partial charge in [-0.25, -0.2) is 0 Å². The van der Waals surface area contributed by atoms with E-state index in [1.807, 2.05) is 7.05 Å². The molecule has 1 aliphatic heterocycles. The summed E-state index contributed by atoms with van der Waals surface area (Å²) < 4.78 is 5.80. The Bertz CT molecular complexity index is 604. The molecule has 0 unspecified atom stereocenters. The van der Waals surface area contributed by atoms with Crippen molar-refractivity contribution >= 4 is 0 Å². The maximum absolute atomic E-state index is 5.80. The largest absolute Gasteiger partial charge is 0.492 e. The summed E-state index contributed by atoms with van der Waals surface area (Å²) in [5, 5.41) is 3.19. The van der Waals surface area contributed by atoms with E-state index in [0.29, 0.717) is 0 Å². The minimum absolute atomic E-state index is 0.809. The zero-order valence-corrected chi connectivity index (χ0v) is 11.5. The van der Waals surface area contributed by atoms with Gasteiger partial charge in [0, 0.05) is 18.5 Å². The lowest BCUT2D eigenvalue weighted by Crippen LogP contribution is -2.05. The molecule has 3 rings (SSSR count). The van der Waals surface area contributed by atoms with Gasteiger partial charge in [0.05, 0.1) is 6.61 Å². The molecule has 0 aromatic heterocycles. The third kappa shape index (κ3) is 2.24. The molecule has 0 spiro atoms. The van der Waals surface area contributed by atoms with Crippen molar-refractivity contribution in [3.05, 3.63) is 53.1 Å². The van der Waals surface area contributed by atoms with E-state index in [1.54, 1.807) is 0 Å². The Morgan fingerprint density at radius 1 is 1.16 bits per heavy atom. The molecule has 0 atom stereocenters. The van der Waals surface area contributed by atoms with Gasteiger partial charge < -0.3 is 10.1 Å². The van der Waals surface area contributed by atoms with E-state index in [-0.39, 0.29) is 0 Å². The van der Waals surface area contributed by atoms with E-state index in [2.05, 4.69) is 48.6 Å². The number of benzene rings is 2. The predicted molar refractivity (Wildman–Crippen MR) is 78.6 cm³/mol. The van der Waals surface area contributed by atoms with Crippen LogP contribution in [0.1, 0.15) is 16.7 Å². The van der Waals surface area contributed by atoms with Gasteiger partial charge in [-0.2, -0.15) is 0 Å². The fourth-order valence-electron chi connectivity index (χ4n) is 2.77. The van der Waals surface area contributed by atoms with Gasteiger partial charge in [0.15, 0.2) is 0 Å². The normalized spacial score (nSPS) is 13.2. The van der Waals surface area contributed by atoms with Crippen LogP contribution < -0.4 is 10.1 Å². The van der Waals surface area contributed by atoms with Crippen molar-refractivity contribution in [2.75, 3.05) is 13.7 Å². The lowest BCUT2D eigenvalue weighted by atomic mass is 9.96. The van der Waals surface area contributed by atoms with Crippen LogP contribution in [0.15, 0.2) is 36.4 Å². The molecule has 1 aliphatic rings. The first-order valence-electron chi connectivity index (χ1n) is 6.79. The summed E-state index contributed by atoms with van der Waals surface area (Å²) in [6, 6.07) is 13.1. The van der Waals surface area contributed by atoms with Gasteiger partial charge in [0.1, 0.15) is 5.75 Å². The monoisotopic (exact) mass is 253 g/mol. The summed E-state index contributed by atoms with van der Waals surface area (Å²) in [6.45, 7) is 3.89. The molecule has 2 heteroatoms. The Labute approximate surface area is 114 Å². The first-order chi connectivity index (χ1) is 9.29. The number of ether oxygens (including phenoxy) is 1. The minimum Gasteiger partial charge on any atom is -0.492 e. The molecule has 0 aliphatic carbocycles. The number of para-hydroxylation sites is 1. The topological polar surface area (TPSA) is 21.3 Å². The molecule has 1 N–H and O–H groups in total. The van der Waals surface area contributed by atoms with Gasteiger partial charge in [-0.1, -0.05) is 36.4 Å². The highest BCUT2D eigenvalue weighted by Gasteiger charge is 2.17. The molecule has 98 valence electrons. The highest BCUT2D eigenvalue weighted by molar-refractivity contribution is 5.75. The molecule has 2 aromatic rings. The summed E-state index contributed by atoms with van der Waals surface area (Å²) in [7, 11) is 1.97. The van der Waals surface area contributed by atoms with E-state index >= 15 is 0 Å². The quantitative estimate of drug-likeness (QED) is 0.906. The summed E-state index contributed by atoms with van der Waals surface area (Å²) in [6.07, 6.45) is 1.03. The fourth-order valence-corrected chi connectivity index (χ4v) is 2.77. The second-order valence-electron chi connectivity index (χ2n) is 5.07. The van der Waals surface area contributed by atoms with E-state index < -0.39 is 0 Å². The van der Waals surface area contributed by atoms with E-state index in [0.717, 1.165) is 25.3 Å². The molecular weight excluding hydrogens is 234 g/mol. The maximum atomic E-state index is 5.80. The number of nitrogens with one attached hydrogen (secondary N) is 1. The smallest absolute Gasteiger partial charge is 0.130 e. The second kappa shape index (κ2) is 5.06. The molecule has 0 saturated carbocycles. The van der Waals surface area contributed by atoms with Crippen molar-refractivity contribution in [3.8, 4) is 16.9 Å². The molecule has 0 amide bonds. The third-order valence-corrected chi connectivity index (χ3v) is 3.68. The van der Waals surface area contributed by atoms with Crippen molar-refractivity contribution in [2.24, 2.45) is 0 Å². The van der Waals surface area contributed by atoms with Crippen molar-refractivity contribution in [1.82, 2.24) is 5.32 Å². The van der Waals surface area contributed by atoms with Crippen LogP contribution in [-0.2, 0) is 13.0 Å². The number of hydrogen-bond acceptors (Lipinski definition) is 2. The molecule has 0 fully saturated rings. The second-order valence-corrected chi connectivity index (χ2v) is 5.07. The molecule has 2 nitrogen and oxygen atoms in total. The highest BCUT2D eigenvalue weighted by atomic mass is 16.5.